The number of aliphatic hydroxyl groups excluding tert-OH is 1. The molecule has 0 saturated heterocycles. The topological polar surface area (TPSA) is 66.4 Å². The predicted molar refractivity (Wildman–Crippen MR) is 75.0 cm³/mol. The van der Waals surface area contributed by atoms with Gasteiger partial charge in [-0.05, 0) is 31.0 Å². The molecule has 1 aromatic rings. The maximum absolute atomic E-state index is 12.3. The molecule has 1 aliphatic carbocycles. The molecular weight excluding hydrogens is 309 g/mol. The summed E-state index contributed by atoms with van der Waals surface area (Å²) in [4.78, 5) is -0.0561. The van der Waals surface area contributed by atoms with E-state index < -0.39 is 22.2 Å². The lowest BCUT2D eigenvalue weighted by Crippen LogP contribution is -2.45. The molecule has 0 bridgehead atoms. The minimum atomic E-state index is -3.77. The van der Waals surface area contributed by atoms with Crippen molar-refractivity contribution in [3.63, 3.8) is 0 Å². The van der Waals surface area contributed by atoms with Gasteiger partial charge in [0.1, 0.15) is 4.90 Å². The third-order valence-electron chi connectivity index (χ3n) is 3.22. The first-order chi connectivity index (χ1) is 8.90. The first-order valence-corrected chi connectivity index (χ1v) is 8.29. The van der Waals surface area contributed by atoms with Crippen LogP contribution >= 0.6 is 23.2 Å². The van der Waals surface area contributed by atoms with Crippen molar-refractivity contribution >= 4 is 33.2 Å². The van der Waals surface area contributed by atoms with Gasteiger partial charge in [0, 0.05) is 11.1 Å². The number of hydrogen-bond donors (Lipinski definition) is 2. The molecule has 2 rings (SSSR count). The molecule has 7 heteroatoms. The van der Waals surface area contributed by atoms with E-state index in [2.05, 4.69) is 4.72 Å². The van der Waals surface area contributed by atoms with Crippen LogP contribution < -0.4 is 4.72 Å². The standard InChI is InChI=1S/C12H15Cl2NO3S/c13-8-5-6-9(14)12(7-8)19(17,18)15-10-3-1-2-4-11(10)16/h5-7,10-11,15-16H,1-4H2/t10-,11-/m1/s1. The van der Waals surface area contributed by atoms with E-state index in [0.29, 0.717) is 17.9 Å². The highest BCUT2D eigenvalue weighted by molar-refractivity contribution is 7.89. The van der Waals surface area contributed by atoms with Crippen molar-refractivity contribution in [3.8, 4) is 0 Å². The number of sulfonamides is 1. The zero-order valence-corrected chi connectivity index (χ0v) is 12.5. The molecule has 0 unspecified atom stereocenters. The number of halogens is 2. The van der Waals surface area contributed by atoms with Gasteiger partial charge >= 0.3 is 0 Å². The van der Waals surface area contributed by atoms with Gasteiger partial charge in [0.2, 0.25) is 10.0 Å². The Hall–Kier alpha value is -0.330. The van der Waals surface area contributed by atoms with Gasteiger partial charge in [-0.2, -0.15) is 0 Å². The number of aliphatic hydroxyl groups is 1. The molecule has 1 fully saturated rings. The fourth-order valence-corrected chi connectivity index (χ4v) is 4.26. The Morgan fingerprint density at radius 3 is 2.58 bits per heavy atom. The Morgan fingerprint density at radius 1 is 1.21 bits per heavy atom. The Kier molecular flexibility index (Phi) is 4.74. The van der Waals surface area contributed by atoms with E-state index >= 15 is 0 Å². The number of nitrogens with one attached hydrogen (secondary N) is 1. The highest BCUT2D eigenvalue weighted by atomic mass is 35.5. The summed E-state index contributed by atoms with van der Waals surface area (Å²) >= 11 is 11.7. The molecule has 1 saturated carbocycles. The summed E-state index contributed by atoms with van der Waals surface area (Å²) in [6.07, 6.45) is 2.39. The molecular formula is C12H15Cl2NO3S. The van der Waals surface area contributed by atoms with Crippen molar-refractivity contribution in [1.29, 1.82) is 0 Å². The van der Waals surface area contributed by atoms with Gasteiger partial charge in [-0.1, -0.05) is 36.0 Å². The van der Waals surface area contributed by atoms with E-state index in [1.165, 1.54) is 18.2 Å². The van der Waals surface area contributed by atoms with Crippen LogP contribution in [0.1, 0.15) is 25.7 Å². The Bertz CT molecular complexity index is 562. The molecule has 0 spiro atoms. The van der Waals surface area contributed by atoms with Gasteiger partial charge in [0.25, 0.3) is 0 Å². The number of rotatable bonds is 3. The molecule has 4 nitrogen and oxygen atoms in total. The summed E-state index contributed by atoms with van der Waals surface area (Å²) in [5.74, 6) is 0. The molecule has 0 aromatic heterocycles. The van der Waals surface area contributed by atoms with Crippen molar-refractivity contribution in [2.45, 2.75) is 42.7 Å². The van der Waals surface area contributed by atoms with Crippen molar-refractivity contribution in [1.82, 2.24) is 4.72 Å². The van der Waals surface area contributed by atoms with Gasteiger partial charge in [-0.3, -0.25) is 0 Å². The molecule has 1 aromatic carbocycles. The molecule has 0 heterocycles. The molecule has 1 aliphatic rings. The predicted octanol–water partition coefficient (Wildman–Crippen LogP) is 2.58. The van der Waals surface area contributed by atoms with E-state index in [9.17, 15) is 13.5 Å². The lowest BCUT2D eigenvalue weighted by atomic mass is 9.93. The average Bonchev–Trinajstić information content (AvgIpc) is 2.35. The van der Waals surface area contributed by atoms with E-state index in [1.807, 2.05) is 0 Å². The highest BCUT2D eigenvalue weighted by Crippen LogP contribution is 2.26. The van der Waals surface area contributed by atoms with Crippen molar-refractivity contribution in [3.05, 3.63) is 28.2 Å². The van der Waals surface area contributed by atoms with E-state index in [4.69, 9.17) is 23.2 Å². The molecule has 2 atom stereocenters. The SMILES string of the molecule is O=S(=O)(N[C@@H]1CCCC[C@H]1O)c1cc(Cl)ccc1Cl. The third-order valence-corrected chi connectivity index (χ3v) is 5.43. The molecule has 19 heavy (non-hydrogen) atoms. The summed E-state index contributed by atoms with van der Waals surface area (Å²) < 4.78 is 27.0. The third kappa shape index (κ3) is 3.61. The van der Waals surface area contributed by atoms with Gasteiger partial charge in [-0.25, -0.2) is 13.1 Å². The van der Waals surface area contributed by atoms with Gasteiger partial charge < -0.3 is 5.11 Å². The van der Waals surface area contributed by atoms with Crippen LogP contribution in [0.5, 0.6) is 0 Å². The maximum Gasteiger partial charge on any atom is 0.242 e. The highest BCUT2D eigenvalue weighted by Gasteiger charge is 2.29. The molecule has 106 valence electrons. The maximum atomic E-state index is 12.3. The van der Waals surface area contributed by atoms with Crippen LogP contribution in [0.15, 0.2) is 23.1 Å². The largest absolute Gasteiger partial charge is 0.391 e. The van der Waals surface area contributed by atoms with Gasteiger partial charge in [0.05, 0.1) is 11.1 Å². The minimum absolute atomic E-state index is 0.0561. The summed E-state index contributed by atoms with van der Waals surface area (Å²) in [6, 6.07) is 3.81. The Morgan fingerprint density at radius 2 is 1.89 bits per heavy atom. The lowest BCUT2D eigenvalue weighted by Gasteiger charge is -2.28. The van der Waals surface area contributed by atoms with Crippen LogP contribution in [0.2, 0.25) is 10.0 Å². The summed E-state index contributed by atoms with van der Waals surface area (Å²) in [7, 11) is -3.77. The van der Waals surface area contributed by atoms with E-state index in [1.54, 1.807) is 0 Å². The zero-order chi connectivity index (χ0) is 14.0. The minimum Gasteiger partial charge on any atom is -0.391 e. The second-order valence-electron chi connectivity index (χ2n) is 4.65. The molecule has 0 radical (unpaired) electrons. The first-order valence-electron chi connectivity index (χ1n) is 6.05. The monoisotopic (exact) mass is 323 g/mol. The normalized spacial score (nSPS) is 24.4. The molecule has 0 amide bonds. The summed E-state index contributed by atoms with van der Waals surface area (Å²) in [5.41, 5.74) is 0. The summed E-state index contributed by atoms with van der Waals surface area (Å²) in [5, 5.41) is 10.2. The quantitative estimate of drug-likeness (QED) is 0.898. The smallest absolute Gasteiger partial charge is 0.242 e. The second-order valence-corrected chi connectivity index (χ2v) is 7.18. The van der Waals surface area contributed by atoms with Crippen LogP contribution in [0.4, 0.5) is 0 Å². The molecule has 2 N–H and O–H groups in total. The van der Waals surface area contributed by atoms with Crippen molar-refractivity contribution < 1.29 is 13.5 Å². The van der Waals surface area contributed by atoms with E-state index in [-0.39, 0.29) is 9.92 Å². The van der Waals surface area contributed by atoms with Gasteiger partial charge in [-0.15, -0.1) is 0 Å². The second kappa shape index (κ2) is 5.97. The van der Waals surface area contributed by atoms with Crippen LogP contribution in [-0.2, 0) is 10.0 Å². The zero-order valence-electron chi connectivity index (χ0n) is 10.1. The van der Waals surface area contributed by atoms with Crippen LogP contribution in [-0.4, -0.2) is 25.7 Å². The van der Waals surface area contributed by atoms with E-state index in [0.717, 1.165) is 12.8 Å². The number of benzene rings is 1. The Labute approximate surface area is 122 Å². The van der Waals surface area contributed by atoms with Crippen LogP contribution in [0.3, 0.4) is 0 Å². The Balaban J connectivity index is 2.24. The summed E-state index contributed by atoms with van der Waals surface area (Å²) in [6.45, 7) is 0. The van der Waals surface area contributed by atoms with Crippen molar-refractivity contribution in [2.24, 2.45) is 0 Å². The fourth-order valence-electron chi connectivity index (χ4n) is 2.19. The average molecular weight is 324 g/mol. The van der Waals surface area contributed by atoms with Crippen LogP contribution in [0.25, 0.3) is 0 Å². The van der Waals surface area contributed by atoms with Gasteiger partial charge in [0.15, 0.2) is 0 Å². The first kappa shape index (κ1) is 15.1. The fraction of sp³-hybridized carbons (Fsp3) is 0.500. The van der Waals surface area contributed by atoms with Crippen molar-refractivity contribution in [2.75, 3.05) is 0 Å². The lowest BCUT2D eigenvalue weighted by molar-refractivity contribution is 0.101. The van der Waals surface area contributed by atoms with Crippen LogP contribution in [0, 0.1) is 0 Å². The molecule has 0 aliphatic heterocycles. The number of hydrogen-bond acceptors (Lipinski definition) is 3.